The minimum Gasteiger partial charge on any atom is -0.496 e. The van der Waals surface area contributed by atoms with Crippen molar-refractivity contribution >= 4 is 11.9 Å². The molecule has 39 heavy (non-hydrogen) atoms. The number of hydrogen-bond donors (Lipinski definition) is 1. The maximum atomic E-state index is 13.9. The van der Waals surface area contributed by atoms with Gasteiger partial charge in [0.2, 0.25) is 0 Å². The second-order valence-corrected chi connectivity index (χ2v) is 9.38. The van der Waals surface area contributed by atoms with Crippen molar-refractivity contribution in [3.63, 3.8) is 0 Å². The zero-order valence-corrected chi connectivity index (χ0v) is 21.4. The molecule has 6 nitrogen and oxygen atoms in total. The number of esters is 1. The average Bonchev–Trinajstić information content (AvgIpc) is 2.93. The minimum absolute atomic E-state index is 0.304. The number of methoxy groups -OCH3 is 2. The first-order valence-electron chi connectivity index (χ1n) is 12.5. The van der Waals surface area contributed by atoms with E-state index in [2.05, 4.69) is 0 Å². The van der Waals surface area contributed by atoms with Gasteiger partial charge in [-0.05, 0) is 58.7 Å². The third kappa shape index (κ3) is 4.95. The van der Waals surface area contributed by atoms with E-state index in [4.69, 9.17) is 14.2 Å². The van der Waals surface area contributed by atoms with Gasteiger partial charge in [-0.25, -0.2) is 4.39 Å². The molecule has 5 rings (SSSR count). The molecule has 0 radical (unpaired) electrons. The van der Waals surface area contributed by atoms with Gasteiger partial charge in [-0.2, -0.15) is 0 Å². The van der Waals surface area contributed by atoms with Gasteiger partial charge in [-0.3, -0.25) is 9.59 Å². The first-order valence-corrected chi connectivity index (χ1v) is 12.5. The van der Waals surface area contributed by atoms with E-state index < -0.39 is 35.6 Å². The van der Waals surface area contributed by atoms with Crippen molar-refractivity contribution in [2.75, 3.05) is 14.2 Å². The predicted octanol–water partition coefficient (Wildman–Crippen LogP) is 6.31. The van der Waals surface area contributed by atoms with Crippen molar-refractivity contribution in [1.82, 2.24) is 0 Å². The molecule has 0 amide bonds. The van der Waals surface area contributed by atoms with Gasteiger partial charge in [-0.1, -0.05) is 60.7 Å². The van der Waals surface area contributed by atoms with E-state index in [-0.39, 0.29) is 5.82 Å². The zero-order chi connectivity index (χ0) is 27.5. The number of hydrogen-bond acceptors (Lipinski definition) is 5. The zero-order valence-electron chi connectivity index (χ0n) is 21.4. The lowest BCUT2D eigenvalue weighted by Gasteiger charge is -2.49. The fourth-order valence-corrected chi connectivity index (χ4v) is 5.57. The molecule has 1 N–H and O–H groups in total. The molecule has 0 spiro atoms. The van der Waals surface area contributed by atoms with E-state index in [1.165, 1.54) is 26.4 Å². The smallest absolute Gasteiger partial charge is 0.315 e. The Morgan fingerprint density at radius 2 is 1.26 bits per heavy atom. The second-order valence-electron chi connectivity index (χ2n) is 9.38. The van der Waals surface area contributed by atoms with Gasteiger partial charge in [0.1, 0.15) is 23.1 Å². The topological polar surface area (TPSA) is 82.1 Å². The summed E-state index contributed by atoms with van der Waals surface area (Å²) in [4.78, 5) is 26.5. The maximum Gasteiger partial charge on any atom is 0.315 e. The molecule has 4 atom stereocenters. The summed E-state index contributed by atoms with van der Waals surface area (Å²) in [6.45, 7) is 0. The number of ether oxygens (including phenoxy) is 3. The molecule has 4 aromatic rings. The minimum atomic E-state index is -1.02. The Morgan fingerprint density at radius 3 is 1.79 bits per heavy atom. The van der Waals surface area contributed by atoms with Crippen LogP contribution < -0.4 is 14.2 Å². The van der Waals surface area contributed by atoms with Crippen LogP contribution in [0.1, 0.15) is 23.0 Å². The molecule has 198 valence electrons. The predicted molar refractivity (Wildman–Crippen MR) is 144 cm³/mol. The van der Waals surface area contributed by atoms with Crippen LogP contribution in [-0.2, 0) is 9.59 Å². The summed E-state index contributed by atoms with van der Waals surface area (Å²) >= 11 is 0. The highest BCUT2D eigenvalue weighted by molar-refractivity contribution is 5.86. The quantitative estimate of drug-likeness (QED) is 0.214. The van der Waals surface area contributed by atoms with Crippen molar-refractivity contribution in [2.24, 2.45) is 11.8 Å². The fourth-order valence-electron chi connectivity index (χ4n) is 5.57. The number of aliphatic carboxylic acids is 1. The monoisotopic (exact) mass is 526 g/mol. The van der Waals surface area contributed by atoms with Crippen molar-refractivity contribution in [2.45, 2.75) is 11.8 Å². The molecule has 0 aromatic heterocycles. The molecule has 1 saturated carbocycles. The molecule has 0 aliphatic heterocycles. The molecule has 0 bridgehead atoms. The normalized spacial score (nSPS) is 20.0. The average molecular weight is 527 g/mol. The fraction of sp³-hybridized carbons (Fsp3) is 0.188. The highest BCUT2D eigenvalue weighted by Gasteiger charge is 2.60. The van der Waals surface area contributed by atoms with Crippen LogP contribution in [0.2, 0.25) is 0 Å². The second kappa shape index (κ2) is 11.0. The third-order valence-electron chi connectivity index (χ3n) is 7.33. The van der Waals surface area contributed by atoms with E-state index in [1.54, 1.807) is 78.9 Å². The van der Waals surface area contributed by atoms with E-state index in [1.807, 2.05) is 6.07 Å². The largest absolute Gasteiger partial charge is 0.496 e. The summed E-state index contributed by atoms with van der Waals surface area (Å²) in [7, 11) is 3.03. The summed E-state index contributed by atoms with van der Waals surface area (Å²) < 4.78 is 30.4. The Bertz CT molecular complexity index is 1440. The number of para-hydroxylation sites is 2. The van der Waals surface area contributed by atoms with Crippen LogP contribution >= 0.6 is 0 Å². The van der Waals surface area contributed by atoms with Crippen LogP contribution in [-0.4, -0.2) is 31.3 Å². The Hall–Kier alpha value is -4.65. The van der Waals surface area contributed by atoms with Gasteiger partial charge in [0.15, 0.2) is 0 Å². The van der Waals surface area contributed by atoms with Crippen molar-refractivity contribution < 1.29 is 33.3 Å². The molecular formula is C32H27FO6. The highest BCUT2D eigenvalue weighted by atomic mass is 19.1. The van der Waals surface area contributed by atoms with Gasteiger partial charge >= 0.3 is 11.9 Å². The SMILES string of the molecule is COc1ccccc1C1C(C(=O)Oc2cccc(-c3ccc(F)cc3)c2)[C@@H](c2ccccc2OC)[C@@H]1C(=O)O. The summed E-state index contributed by atoms with van der Waals surface area (Å²) in [5.74, 6) is -3.75. The molecular weight excluding hydrogens is 499 g/mol. The van der Waals surface area contributed by atoms with E-state index in [0.29, 0.717) is 28.4 Å². The van der Waals surface area contributed by atoms with Crippen molar-refractivity contribution in [3.05, 3.63) is 114 Å². The Kier molecular flexibility index (Phi) is 7.32. The molecule has 2 unspecified atom stereocenters. The molecule has 1 fully saturated rings. The van der Waals surface area contributed by atoms with Gasteiger partial charge in [0.05, 0.1) is 26.1 Å². The maximum absolute atomic E-state index is 13.9. The van der Waals surface area contributed by atoms with Gasteiger partial charge < -0.3 is 19.3 Å². The number of carbonyl (C=O) groups is 2. The van der Waals surface area contributed by atoms with Crippen LogP contribution in [0.25, 0.3) is 11.1 Å². The molecule has 1 aliphatic carbocycles. The van der Waals surface area contributed by atoms with Crippen LogP contribution in [0.5, 0.6) is 17.2 Å². The summed E-state index contributed by atoms with van der Waals surface area (Å²) in [6, 6.07) is 27.2. The van der Waals surface area contributed by atoms with Gasteiger partial charge in [0, 0.05) is 11.8 Å². The molecule has 1 aliphatic rings. The third-order valence-corrected chi connectivity index (χ3v) is 7.33. The van der Waals surface area contributed by atoms with E-state index in [9.17, 15) is 19.1 Å². The first kappa shape index (κ1) is 26.0. The van der Waals surface area contributed by atoms with Crippen molar-refractivity contribution in [1.29, 1.82) is 0 Å². The molecule has 0 heterocycles. The Morgan fingerprint density at radius 1 is 0.692 bits per heavy atom. The molecule has 4 aromatic carbocycles. The molecule has 0 saturated heterocycles. The lowest BCUT2D eigenvalue weighted by Crippen LogP contribution is -2.52. The van der Waals surface area contributed by atoms with Crippen LogP contribution in [0.3, 0.4) is 0 Å². The molecule has 7 heteroatoms. The number of carboxylic acids is 1. The number of rotatable bonds is 8. The van der Waals surface area contributed by atoms with E-state index >= 15 is 0 Å². The van der Waals surface area contributed by atoms with Crippen molar-refractivity contribution in [3.8, 4) is 28.4 Å². The van der Waals surface area contributed by atoms with E-state index in [0.717, 1.165) is 11.1 Å². The number of carboxylic acid groups (broad SMARTS) is 1. The van der Waals surface area contributed by atoms with Crippen LogP contribution in [0.15, 0.2) is 97.1 Å². The first-order chi connectivity index (χ1) is 18.9. The van der Waals surface area contributed by atoms with Crippen LogP contribution in [0, 0.1) is 17.7 Å². The van der Waals surface area contributed by atoms with Gasteiger partial charge in [0.25, 0.3) is 0 Å². The number of benzene rings is 4. The number of carbonyl (C=O) groups excluding carboxylic acids is 1. The lowest BCUT2D eigenvalue weighted by atomic mass is 9.52. The summed E-state index contributed by atoms with van der Waals surface area (Å²) in [5.41, 5.74) is 2.77. The summed E-state index contributed by atoms with van der Waals surface area (Å²) in [5, 5.41) is 10.3. The highest BCUT2D eigenvalue weighted by Crippen LogP contribution is 2.60. The lowest BCUT2D eigenvalue weighted by molar-refractivity contribution is -0.158. The Balaban J connectivity index is 1.55. The van der Waals surface area contributed by atoms with Crippen LogP contribution in [0.4, 0.5) is 4.39 Å². The standard InChI is InChI=1S/C32H27FO6/c1-37-25-12-5-3-10-23(25)27-29(31(34)35)28(24-11-4-6-13-26(24)38-2)30(27)32(36)39-22-9-7-8-20(18-22)19-14-16-21(33)17-15-19/h3-18,27-30H,1-2H3,(H,34,35)/t27-,28?,29-,30?/m0/s1. The number of halogens is 1. The van der Waals surface area contributed by atoms with Gasteiger partial charge in [-0.15, -0.1) is 0 Å². The summed E-state index contributed by atoms with van der Waals surface area (Å²) in [6.07, 6.45) is 0. The Labute approximate surface area is 225 Å².